The molecule has 0 saturated heterocycles. The number of hydrogen-bond acceptors (Lipinski definition) is 5. The van der Waals surface area contributed by atoms with Crippen LogP contribution in [-0.2, 0) is 4.79 Å². The molecular weight excluding hydrogens is 454 g/mol. The van der Waals surface area contributed by atoms with Crippen molar-refractivity contribution in [3.05, 3.63) is 77.6 Å². The second kappa shape index (κ2) is 10.6. The Morgan fingerprint density at radius 1 is 0.972 bits per heavy atom. The SMILES string of the molecule is CCOc1cc2occ(-c3ccc(C)cc3C)c2cc1/C(C)=C/C(=O)Nc1ccc(OC)cc1OC. The number of ether oxygens (including phenoxy) is 3. The lowest BCUT2D eigenvalue weighted by Gasteiger charge is -2.13. The summed E-state index contributed by atoms with van der Waals surface area (Å²) < 4.78 is 22.5. The average molecular weight is 486 g/mol. The van der Waals surface area contributed by atoms with Crippen LogP contribution in [-0.4, -0.2) is 26.7 Å². The van der Waals surface area contributed by atoms with Crippen LogP contribution < -0.4 is 19.5 Å². The zero-order valence-electron chi connectivity index (χ0n) is 21.5. The first-order chi connectivity index (χ1) is 17.3. The van der Waals surface area contributed by atoms with Crippen molar-refractivity contribution in [3.8, 4) is 28.4 Å². The van der Waals surface area contributed by atoms with Crippen molar-refractivity contribution in [2.24, 2.45) is 0 Å². The Hall–Kier alpha value is -4.19. The van der Waals surface area contributed by atoms with Gasteiger partial charge in [-0.05, 0) is 62.6 Å². The Morgan fingerprint density at radius 2 is 1.78 bits per heavy atom. The molecule has 0 bridgehead atoms. The van der Waals surface area contributed by atoms with Gasteiger partial charge >= 0.3 is 0 Å². The van der Waals surface area contributed by atoms with E-state index in [1.54, 1.807) is 44.8 Å². The maximum absolute atomic E-state index is 12.9. The van der Waals surface area contributed by atoms with E-state index in [1.165, 1.54) is 11.1 Å². The summed E-state index contributed by atoms with van der Waals surface area (Å²) in [7, 11) is 3.13. The summed E-state index contributed by atoms with van der Waals surface area (Å²) in [5.41, 5.74) is 7.38. The Balaban J connectivity index is 1.72. The summed E-state index contributed by atoms with van der Waals surface area (Å²) in [5.74, 6) is 1.54. The van der Waals surface area contributed by atoms with E-state index < -0.39 is 0 Å². The van der Waals surface area contributed by atoms with E-state index in [2.05, 4.69) is 37.4 Å². The summed E-state index contributed by atoms with van der Waals surface area (Å²) in [5, 5.41) is 3.86. The van der Waals surface area contributed by atoms with E-state index in [-0.39, 0.29) is 5.91 Å². The average Bonchev–Trinajstić information content (AvgIpc) is 3.26. The number of benzene rings is 3. The molecule has 0 radical (unpaired) electrons. The number of aryl methyl sites for hydroxylation is 2. The first-order valence-corrected chi connectivity index (χ1v) is 11.8. The highest BCUT2D eigenvalue weighted by atomic mass is 16.5. The molecule has 3 aromatic carbocycles. The summed E-state index contributed by atoms with van der Waals surface area (Å²) in [6, 6.07) is 15.5. The minimum atomic E-state index is -0.277. The van der Waals surface area contributed by atoms with E-state index in [1.807, 2.05) is 26.0 Å². The lowest BCUT2D eigenvalue weighted by atomic mass is 9.96. The molecule has 186 valence electrons. The number of hydrogen-bond donors (Lipinski definition) is 1. The van der Waals surface area contributed by atoms with Crippen LogP contribution in [0.5, 0.6) is 17.2 Å². The predicted molar refractivity (Wildman–Crippen MR) is 144 cm³/mol. The molecule has 0 fully saturated rings. The maximum atomic E-state index is 12.9. The smallest absolute Gasteiger partial charge is 0.248 e. The molecule has 1 heterocycles. The van der Waals surface area contributed by atoms with Crippen molar-refractivity contribution >= 4 is 28.1 Å². The molecule has 0 unspecified atom stereocenters. The normalized spacial score (nSPS) is 11.4. The zero-order valence-corrected chi connectivity index (χ0v) is 21.5. The highest BCUT2D eigenvalue weighted by Gasteiger charge is 2.17. The molecule has 0 spiro atoms. The maximum Gasteiger partial charge on any atom is 0.248 e. The minimum Gasteiger partial charge on any atom is -0.497 e. The van der Waals surface area contributed by atoms with Gasteiger partial charge in [0, 0.05) is 34.7 Å². The van der Waals surface area contributed by atoms with Gasteiger partial charge in [0.15, 0.2) is 0 Å². The van der Waals surface area contributed by atoms with E-state index in [0.717, 1.165) is 33.2 Å². The molecule has 4 rings (SSSR count). The summed E-state index contributed by atoms with van der Waals surface area (Å²) in [6.45, 7) is 8.49. The van der Waals surface area contributed by atoms with Gasteiger partial charge in [0.2, 0.25) is 5.91 Å². The van der Waals surface area contributed by atoms with Crippen molar-refractivity contribution in [2.75, 3.05) is 26.1 Å². The van der Waals surface area contributed by atoms with Crippen molar-refractivity contribution < 1.29 is 23.4 Å². The molecule has 0 atom stereocenters. The number of furan rings is 1. The van der Waals surface area contributed by atoms with Gasteiger partial charge in [-0.25, -0.2) is 0 Å². The third kappa shape index (κ3) is 5.08. The zero-order chi connectivity index (χ0) is 25.8. The molecule has 6 nitrogen and oxygen atoms in total. The Bertz CT molecular complexity index is 1450. The predicted octanol–water partition coefficient (Wildman–Crippen LogP) is 7.17. The Kier molecular flexibility index (Phi) is 7.34. The number of anilines is 1. The highest BCUT2D eigenvalue weighted by molar-refractivity contribution is 6.06. The van der Waals surface area contributed by atoms with Gasteiger partial charge in [0.25, 0.3) is 0 Å². The van der Waals surface area contributed by atoms with Gasteiger partial charge in [-0.3, -0.25) is 4.79 Å². The molecule has 1 aromatic heterocycles. The monoisotopic (exact) mass is 485 g/mol. The number of fused-ring (bicyclic) bond motifs is 1. The molecular formula is C30H31NO5. The number of amides is 1. The van der Waals surface area contributed by atoms with Gasteiger partial charge in [0.1, 0.15) is 22.8 Å². The standard InChI is InChI=1S/C30H31NO5/c1-7-35-27-16-28-24(25(17-36-28)22-10-8-18(2)12-19(22)3)15-23(27)20(4)13-30(32)31-26-11-9-21(33-5)14-29(26)34-6/h8-17H,7H2,1-6H3,(H,31,32)/b20-13+. The van der Waals surface area contributed by atoms with Crippen LogP contribution in [0.4, 0.5) is 5.69 Å². The second-order valence-corrected chi connectivity index (χ2v) is 8.63. The van der Waals surface area contributed by atoms with Gasteiger partial charge in [-0.1, -0.05) is 23.8 Å². The molecule has 0 aliphatic rings. The van der Waals surface area contributed by atoms with E-state index in [4.69, 9.17) is 18.6 Å². The molecule has 0 saturated carbocycles. The third-order valence-corrected chi connectivity index (χ3v) is 6.09. The van der Waals surface area contributed by atoms with Gasteiger partial charge in [-0.2, -0.15) is 0 Å². The molecule has 0 aliphatic carbocycles. The van der Waals surface area contributed by atoms with Crippen LogP contribution in [0.3, 0.4) is 0 Å². The second-order valence-electron chi connectivity index (χ2n) is 8.63. The molecule has 1 N–H and O–H groups in total. The van der Waals surface area contributed by atoms with Crippen molar-refractivity contribution in [3.63, 3.8) is 0 Å². The summed E-state index contributed by atoms with van der Waals surface area (Å²) in [6.07, 6.45) is 3.34. The van der Waals surface area contributed by atoms with Crippen LogP contribution in [0.15, 0.2) is 65.3 Å². The lowest BCUT2D eigenvalue weighted by molar-refractivity contribution is -0.111. The summed E-state index contributed by atoms with van der Waals surface area (Å²) in [4.78, 5) is 12.9. The topological polar surface area (TPSA) is 69.9 Å². The van der Waals surface area contributed by atoms with Crippen LogP contribution in [0.25, 0.3) is 27.7 Å². The van der Waals surface area contributed by atoms with Crippen molar-refractivity contribution in [2.45, 2.75) is 27.7 Å². The van der Waals surface area contributed by atoms with Gasteiger partial charge in [-0.15, -0.1) is 0 Å². The third-order valence-electron chi connectivity index (χ3n) is 6.09. The molecule has 0 aliphatic heterocycles. The fourth-order valence-corrected chi connectivity index (χ4v) is 4.31. The summed E-state index contributed by atoms with van der Waals surface area (Å²) >= 11 is 0. The van der Waals surface area contributed by atoms with Crippen molar-refractivity contribution in [1.29, 1.82) is 0 Å². The van der Waals surface area contributed by atoms with Gasteiger partial charge < -0.3 is 23.9 Å². The van der Waals surface area contributed by atoms with Crippen LogP contribution >= 0.6 is 0 Å². The first kappa shape index (κ1) is 24.9. The number of carbonyl (C=O) groups is 1. The van der Waals surface area contributed by atoms with Crippen LogP contribution in [0, 0.1) is 13.8 Å². The molecule has 4 aromatic rings. The van der Waals surface area contributed by atoms with E-state index in [9.17, 15) is 4.79 Å². The number of methoxy groups -OCH3 is 2. The lowest BCUT2D eigenvalue weighted by Crippen LogP contribution is -2.10. The van der Waals surface area contributed by atoms with Gasteiger partial charge in [0.05, 0.1) is 32.8 Å². The number of nitrogens with one attached hydrogen (secondary N) is 1. The fourth-order valence-electron chi connectivity index (χ4n) is 4.31. The fraction of sp³-hybridized carbons (Fsp3) is 0.233. The van der Waals surface area contributed by atoms with Crippen LogP contribution in [0.2, 0.25) is 0 Å². The first-order valence-electron chi connectivity index (χ1n) is 11.8. The van der Waals surface area contributed by atoms with E-state index in [0.29, 0.717) is 29.5 Å². The van der Waals surface area contributed by atoms with Crippen molar-refractivity contribution in [1.82, 2.24) is 0 Å². The number of rotatable bonds is 8. The molecule has 6 heteroatoms. The largest absolute Gasteiger partial charge is 0.497 e. The number of allylic oxidation sites excluding steroid dienone is 1. The minimum absolute atomic E-state index is 0.277. The number of carbonyl (C=O) groups excluding carboxylic acids is 1. The quantitative estimate of drug-likeness (QED) is 0.268. The van der Waals surface area contributed by atoms with Crippen LogP contribution in [0.1, 0.15) is 30.5 Å². The van der Waals surface area contributed by atoms with E-state index >= 15 is 0 Å². The Labute approximate surface area is 211 Å². The molecule has 36 heavy (non-hydrogen) atoms. The highest BCUT2D eigenvalue weighted by Crippen LogP contribution is 2.39. The molecule has 1 amide bonds. The Morgan fingerprint density at radius 3 is 2.47 bits per heavy atom.